The Hall–Kier alpha value is -1.33. The van der Waals surface area contributed by atoms with Crippen LogP contribution in [0.25, 0.3) is 0 Å². The van der Waals surface area contributed by atoms with Crippen molar-refractivity contribution < 1.29 is 4.39 Å². The second-order valence-electron chi connectivity index (χ2n) is 4.44. The molecule has 3 N–H and O–H groups in total. The van der Waals surface area contributed by atoms with Gasteiger partial charge >= 0.3 is 0 Å². The van der Waals surface area contributed by atoms with Gasteiger partial charge in [-0.25, -0.2) is 9.37 Å². The topological polar surface area (TPSA) is 50.9 Å². The minimum Gasteiger partial charge on any atom is -0.397 e. The minimum absolute atomic E-state index is 0.0186. The van der Waals surface area contributed by atoms with E-state index in [1.54, 1.807) is 6.20 Å². The zero-order valence-corrected chi connectivity index (χ0v) is 11.6. The van der Waals surface area contributed by atoms with Gasteiger partial charge in [-0.1, -0.05) is 11.6 Å². The van der Waals surface area contributed by atoms with Crippen LogP contribution in [0.1, 0.15) is 18.9 Å². The van der Waals surface area contributed by atoms with Gasteiger partial charge in [0.25, 0.3) is 0 Å². The molecule has 1 aromatic carbocycles. The van der Waals surface area contributed by atoms with Crippen molar-refractivity contribution in [3.63, 3.8) is 0 Å². The van der Waals surface area contributed by atoms with Crippen molar-refractivity contribution in [2.45, 2.75) is 19.4 Å². The summed E-state index contributed by atoms with van der Waals surface area (Å²) >= 11 is 7.19. The van der Waals surface area contributed by atoms with Crippen molar-refractivity contribution in [1.82, 2.24) is 4.98 Å². The Kier molecular flexibility index (Phi) is 3.45. The average molecular weight is 286 g/mol. The number of hydrogen-bond acceptors (Lipinski definition) is 4. The van der Waals surface area contributed by atoms with Gasteiger partial charge < -0.3 is 11.1 Å². The molecule has 0 saturated carbocycles. The van der Waals surface area contributed by atoms with Gasteiger partial charge in [-0.15, -0.1) is 11.3 Å². The van der Waals surface area contributed by atoms with Crippen LogP contribution < -0.4 is 11.1 Å². The van der Waals surface area contributed by atoms with Gasteiger partial charge in [0.2, 0.25) is 0 Å². The number of rotatable bonds is 3. The molecule has 0 fully saturated rings. The predicted octanol–water partition coefficient (Wildman–Crippen LogP) is 3.87. The lowest BCUT2D eigenvalue weighted by Crippen LogP contribution is -2.28. The molecule has 2 aromatic rings. The molecule has 2 rings (SSSR count). The van der Waals surface area contributed by atoms with Gasteiger partial charge in [0.15, 0.2) is 0 Å². The number of nitrogens with two attached hydrogens (primary N) is 1. The molecule has 0 saturated heterocycles. The van der Waals surface area contributed by atoms with Gasteiger partial charge in [-0.3, -0.25) is 0 Å². The molecule has 0 aliphatic rings. The molecule has 0 aliphatic heterocycles. The zero-order valence-electron chi connectivity index (χ0n) is 10.00. The summed E-state index contributed by atoms with van der Waals surface area (Å²) < 4.78 is 13.4. The highest BCUT2D eigenvalue weighted by atomic mass is 35.5. The van der Waals surface area contributed by atoms with Crippen LogP contribution in [0.5, 0.6) is 0 Å². The van der Waals surface area contributed by atoms with E-state index in [0.29, 0.717) is 11.4 Å². The van der Waals surface area contributed by atoms with E-state index in [2.05, 4.69) is 10.3 Å². The highest BCUT2D eigenvalue weighted by molar-refractivity contribution is 7.09. The summed E-state index contributed by atoms with van der Waals surface area (Å²) in [6.45, 7) is 3.91. The Balaban J connectivity index is 2.32. The van der Waals surface area contributed by atoms with E-state index >= 15 is 0 Å². The van der Waals surface area contributed by atoms with Gasteiger partial charge in [-0.05, 0) is 19.9 Å². The third-order valence-corrected chi connectivity index (χ3v) is 3.89. The van der Waals surface area contributed by atoms with Gasteiger partial charge in [-0.2, -0.15) is 0 Å². The van der Waals surface area contributed by atoms with Crippen molar-refractivity contribution in [2.24, 2.45) is 0 Å². The standard InChI is InChI=1S/C12H13ClFN3S/c1-12(2,11-16-3-4-18-11)17-10-6-8(14)7(13)5-9(10)15/h3-6,17H,15H2,1-2H3. The summed E-state index contributed by atoms with van der Waals surface area (Å²) in [5.74, 6) is -0.497. The molecule has 6 heteroatoms. The maximum atomic E-state index is 13.4. The fraction of sp³-hybridized carbons (Fsp3) is 0.250. The monoisotopic (exact) mass is 285 g/mol. The second-order valence-corrected chi connectivity index (χ2v) is 5.74. The normalized spacial score (nSPS) is 11.6. The Morgan fingerprint density at radius 2 is 2.17 bits per heavy atom. The number of nitrogen functional groups attached to an aromatic ring is 1. The van der Waals surface area contributed by atoms with Crippen LogP contribution >= 0.6 is 22.9 Å². The number of aromatic nitrogens is 1. The third-order valence-electron chi connectivity index (χ3n) is 2.51. The van der Waals surface area contributed by atoms with Crippen LogP contribution in [0.15, 0.2) is 23.7 Å². The quantitative estimate of drug-likeness (QED) is 0.842. The molecule has 18 heavy (non-hydrogen) atoms. The first-order valence-electron chi connectivity index (χ1n) is 5.33. The van der Waals surface area contributed by atoms with E-state index in [-0.39, 0.29) is 5.02 Å². The summed E-state index contributed by atoms with van der Waals surface area (Å²) in [4.78, 5) is 4.25. The maximum Gasteiger partial charge on any atom is 0.143 e. The summed E-state index contributed by atoms with van der Waals surface area (Å²) in [5.41, 5.74) is 6.31. The summed E-state index contributed by atoms with van der Waals surface area (Å²) in [6.07, 6.45) is 1.73. The maximum absolute atomic E-state index is 13.4. The highest BCUT2D eigenvalue weighted by Crippen LogP contribution is 2.32. The van der Waals surface area contributed by atoms with E-state index in [4.69, 9.17) is 17.3 Å². The molecular weight excluding hydrogens is 273 g/mol. The summed E-state index contributed by atoms with van der Waals surface area (Å²) in [7, 11) is 0. The molecule has 1 aromatic heterocycles. The fourth-order valence-corrected chi connectivity index (χ4v) is 2.48. The molecule has 0 atom stereocenters. The van der Waals surface area contributed by atoms with Crippen LogP contribution in [0.3, 0.4) is 0 Å². The number of thiazole rings is 1. The second kappa shape index (κ2) is 4.74. The van der Waals surface area contributed by atoms with Gasteiger partial charge in [0, 0.05) is 17.6 Å². The number of benzene rings is 1. The first-order chi connectivity index (χ1) is 8.40. The largest absolute Gasteiger partial charge is 0.397 e. The highest BCUT2D eigenvalue weighted by Gasteiger charge is 2.24. The molecule has 3 nitrogen and oxygen atoms in total. The lowest BCUT2D eigenvalue weighted by Gasteiger charge is -2.26. The van der Waals surface area contributed by atoms with Crippen molar-refractivity contribution in [1.29, 1.82) is 0 Å². The van der Waals surface area contributed by atoms with Crippen molar-refractivity contribution in [3.8, 4) is 0 Å². The molecule has 0 amide bonds. The first-order valence-corrected chi connectivity index (χ1v) is 6.58. The number of hydrogen-bond donors (Lipinski definition) is 2. The number of anilines is 2. The molecule has 0 bridgehead atoms. The van der Waals surface area contributed by atoms with E-state index in [1.807, 2.05) is 19.2 Å². The van der Waals surface area contributed by atoms with E-state index in [1.165, 1.54) is 23.5 Å². The fourth-order valence-electron chi connectivity index (χ4n) is 1.59. The summed E-state index contributed by atoms with van der Waals surface area (Å²) in [5, 5.41) is 5.99. The molecule has 0 aliphatic carbocycles. The first kappa shape index (κ1) is 13.1. The minimum atomic E-state index is -0.497. The lowest BCUT2D eigenvalue weighted by molar-refractivity contribution is 0.600. The van der Waals surface area contributed by atoms with Crippen LogP contribution in [0.4, 0.5) is 15.8 Å². The zero-order chi connectivity index (χ0) is 13.3. The molecule has 0 unspecified atom stereocenters. The van der Waals surface area contributed by atoms with E-state index in [9.17, 15) is 4.39 Å². The third kappa shape index (κ3) is 2.57. The van der Waals surface area contributed by atoms with Crippen LogP contribution in [0, 0.1) is 5.82 Å². The molecule has 1 heterocycles. The van der Waals surface area contributed by atoms with Crippen molar-refractivity contribution >= 4 is 34.3 Å². The molecule has 0 radical (unpaired) electrons. The van der Waals surface area contributed by atoms with Gasteiger partial charge in [0.05, 0.1) is 21.9 Å². The predicted molar refractivity (Wildman–Crippen MR) is 74.6 cm³/mol. The Labute approximate surface area is 114 Å². The number of nitrogens with zero attached hydrogens (tertiary/aromatic N) is 1. The van der Waals surface area contributed by atoms with Crippen LogP contribution in [-0.4, -0.2) is 4.98 Å². The molecular formula is C12H13ClFN3S. The summed E-state index contributed by atoms with van der Waals surface area (Å²) in [6, 6.07) is 2.70. The number of nitrogens with one attached hydrogen (secondary N) is 1. The average Bonchev–Trinajstić information content (AvgIpc) is 2.79. The van der Waals surface area contributed by atoms with Crippen LogP contribution in [0.2, 0.25) is 5.02 Å². The lowest BCUT2D eigenvalue weighted by atomic mass is 10.1. The van der Waals surface area contributed by atoms with Crippen LogP contribution in [-0.2, 0) is 5.54 Å². The SMILES string of the molecule is CC(C)(Nc1cc(F)c(Cl)cc1N)c1nccs1. The van der Waals surface area contributed by atoms with Crippen molar-refractivity contribution in [3.05, 3.63) is 39.6 Å². The number of halogens is 2. The Morgan fingerprint density at radius 3 is 2.78 bits per heavy atom. The van der Waals surface area contributed by atoms with Crippen molar-refractivity contribution in [2.75, 3.05) is 11.1 Å². The Bertz CT molecular complexity index is 555. The Morgan fingerprint density at radius 1 is 1.44 bits per heavy atom. The van der Waals surface area contributed by atoms with E-state index in [0.717, 1.165) is 5.01 Å². The van der Waals surface area contributed by atoms with Gasteiger partial charge in [0.1, 0.15) is 10.8 Å². The smallest absolute Gasteiger partial charge is 0.143 e. The molecule has 0 spiro atoms. The molecule has 96 valence electrons. The van der Waals surface area contributed by atoms with E-state index < -0.39 is 11.4 Å².